The van der Waals surface area contributed by atoms with Crippen LogP contribution in [0.5, 0.6) is 0 Å². The van der Waals surface area contributed by atoms with Crippen molar-refractivity contribution >= 4 is 23.4 Å². The molecule has 0 aliphatic rings. The van der Waals surface area contributed by atoms with Gasteiger partial charge in [0, 0.05) is 17.5 Å². The lowest BCUT2D eigenvalue weighted by molar-refractivity contribution is -0.116. The molecule has 3 nitrogen and oxygen atoms in total. The summed E-state index contributed by atoms with van der Waals surface area (Å²) in [6.45, 7) is 6.30. The van der Waals surface area contributed by atoms with Crippen LogP contribution in [0, 0.1) is 0 Å². The van der Waals surface area contributed by atoms with Crippen molar-refractivity contribution in [3.05, 3.63) is 30.3 Å². The molecule has 1 rings (SSSR count). The summed E-state index contributed by atoms with van der Waals surface area (Å²) in [5.41, 5.74) is 0.926. The van der Waals surface area contributed by atoms with Gasteiger partial charge in [0.2, 0.25) is 5.91 Å². The van der Waals surface area contributed by atoms with Crippen molar-refractivity contribution in [2.24, 2.45) is 0 Å². The number of anilines is 1. The molecule has 2 atom stereocenters. The normalized spacial score (nSPS) is 14.0. The van der Waals surface area contributed by atoms with Crippen LogP contribution in [0.3, 0.4) is 0 Å². The lowest BCUT2D eigenvalue weighted by Gasteiger charge is -2.22. The van der Waals surface area contributed by atoms with Crippen molar-refractivity contribution in [1.29, 1.82) is 0 Å². The van der Waals surface area contributed by atoms with Gasteiger partial charge in [-0.25, -0.2) is 0 Å². The maximum atomic E-state index is 12.1. The van der Waals surface area contributed by atoms with Crippen molar-refractivity contribution in [3.63, 3.8) is 0 Å². The van der Waals surface area contributed by atoms with E-state index >= 15 is 0 Å². The van der Waals surface area contributed by atoms with Crippen LogP contribution in [0.1, 0.15) is 20.8 Å². The molecule has 1 aromatic carbocycles. The molecule has 0 saturated carbocycles. The molecule has 0 heterocycles. The first kappa shape index (κ1) is 15.1. The van der Waals surface area contributed by atoms with E-state index in [1.54, 1.807) is 11.8 Å². The van der Waals surface area contributed by atoms with Gasteiger partial charge in [-0.2, -0.15) is 0 Å². The molecule has 100 valence electrons. The summed E-state index contributed by atoms with van der Waals surface area (Å²) in [6, 6.07) is 9.66. The predicted molar refractivity (Wildman–Crippen MR) is 78.1 cm³/mol. The van der Waals surface area contributed by atoms with Crippen molar-refractivity contribution in [2.75, 3.05) is 17.2 Å². The number of aliphatic hydroxyl groups is 1. The molecule has 0 fully saturated rings. The molecule has 18 heavy (non-hydrogen) atoms. The summed E-state index contributed by atoms with van der Waals surface area (Å²) in [6.07, 6.45) is -0.394. The number of thioether (sulfide) groups is 1. The van der Waals surface area contributed by atoms with E-state index in [9.17, 15) is 9.90 Å². The Morgan fingerprint density at radius 2 is 1.94 bits per heavy atom. The highest BCUT2D eigenvalue weighted by Crippen LogP contribution is 2.18. The van der Waals surface area contributed by atoms with E-state index in [0.29, 0.717) is 12.3 Å². The van der Waals surface area contributed by atoms with Gasteiger partial charge in [0.25, 0.3) is 0 Å². The fraction of sp³-hybridized carbons (Fsp3) is 0.500. The van der Waals surface area contributed by atoms with Crippen molar-refractivity contribution < 1.29 is 9.90 Å². The quantitative estimate of drug-likeness (QED) is 0.861. The number of hydrogen-bond acceptors (Lipinski definition) is 3. The van der Waals surface area contributed by atoms with E-state index in [1.165, 1.54) is 11.8 Å². The van der Waals surface area contributed by atoms with E-state index in [-0.39, 0.29) is 11.2 Å². The molecule has 0 spiro atoms. The molecule has 2 unspecified atom stereocenters. The van der Waals surface area contributed by atoms with Gasteiger partial charge in [0.05, 0.1) is 11.9 Å². The number of para-hydroxylation sites is 1. The molecular weight excluding hydrogens is 246 g/mol. The molecule has 0 aromatic heterocycles. The van der Waals surface area contributed by atoms with E-state index in [0.717, 1.165) is 5.69 Å². The number of aliphatic hydroxyl groups excluding tert-OH is 1. The summed E-state index contributed by atoms with van der Waals surface area (Å²) in [5.74, 6) is 0.482. The van der Waals surface area contributed by atoms with Crippen LogP contribution in [-0.4, -0.2) is 34.7 Å². The second kappa shape index (κ2) is 7.44. The van der Waals surface area contributed by atoms with Crippen LogP contribution in [0.4, 0.5) is 5.69 Å². The van der Waals surface area contributed by atoms with Crippen LogP contribution in [0.2, 0.25) is 0 Å². The molecule has 1 N–H and O–H groups in total. The average Bonchev–Trinajstić information content (AvgIpc) is 2.38. The molecule has 0 aliphatic carbocycles. The topological polar surface area (TPSA) is 40.5 Å². The minimum absolute atomic E-state index is 0.0726. The Morgan fingerprint density at radius 3 is 2.44 bits per heavy atom. The number of rotatable bonds is 6. The van der Waals surface area contributed by atoms with Crippen LogP contribution >= 0.6 is 11.8 Å². The lowest BCUT2D eigenvalue weighted by atomic mass is 10.3. The summed E-state index contributed by atoms with van der Waals surface area (Å²) in [5, 5.41) is 9.47. The van der Waals surface area contributed by atoms with Gasteiger partial charge >= 0.3 is 0 Å². The van der Waals surface area contributed by atoms with Gasteiger partial charge in [-0.1, -0.05) is 25.1 Å². The van der Waals surface area contributed by atoms with Crippen LogP contribution in [-0.2, 0) is 4.79 Å². The smallest absolute Gasteiger partial charge is 0.236 e. The highest BCUT2D eigenvalue weighted by molar-refractivity contribution is 8.00. The zero-order valence-electron chi connectivity index (χ0n) is 11.2. The first-order valence-corrected chi connectivity index (χ1v) is 7.26. The molecule has 4 heteroatoms. The first-order chi connectivity index (χ1) is 8.56. The summed E-state index contributed by atoms with van der Waals surface area (Å²) in [7, 11) is 0. The minimum Gasteiger partial charge on any atom is -0.392 e. The van der Waals surface area contributed by atoms with Gasteiger partial charge < -0.3 is 10.0 Å². The molecular formula is C14H21NO2S. The third-order valence-corrected chi connectivity index (χ3v) is 4.17. The van der Waals surface area contributed by atoms with E-state index in [4.69, 9.17) is 0 Å². The van der Waals surface area contributed by atoms with Crippen LogP contribution in [0.15, 0.2) is 30.3 Å². The number of amides is 1. The summed E-state index contributed by atoms with van der Waals surface area (Å²) >= 11 is 1.49. The Labute approximate surface area is 113 Å². The molecule has 0 saturated heterocycles. The van der Waals surface area contributed by atoms with Crippen molar-refractivity contribution in [2.45, 2.75) is 32.1 Å². The van der Waals surface area contributed by atoms with Crippen LogP contribution < -0.4 is 4.90 Å². The monoisotopic (exact) mass is 267 g/mol. The van der Waals surface area contributed by atoms with Crippen molar-refractivity contribution in [1.82, 2.24) is 0 Å². The fourth-order valence-electron chi connectivity index (χ4n) is 1.53. The Hall–Kier alpha value is -1.00. The zero-order chi connectivity index (χ0) is 13.5. The van der Waals surface area contributed by atoms with E-state index in [2.05, 4.69) is 0 Å². The SMILES string of the molecule is CCN(C(=O)CSC(C)C(C)O)c1ccccc1. The fourth-order valence-corrected chi connectivity index (χ4v) is 2.37. The largest absolute Gasteiger partial charge is 0.392 e. The van der Waals surface area contributed by atoms with Gasteiger partial charge in [-0.15, -0.1) is 11.8 Å². The van der Waals surface area contributed by atoms with Gasteiger partial charge in [-0.3, -0.25) is 4.79 Å². The molecule has 0 bridgehead atoms. The highest BCUT2D eigenvalue weighted by Gasteiger charge is 2.16. The molecule has 0 radical (unpaired) electrons. The number of nitrogens with zero attached hydrogens (tertiary/aromatic N) is 1. The lowest BCUT2D eigenvalue weighted by Crippen LogP contribution is -2.33. The predicted octanol–water partition coefficient (Wildman–Crippen LogP) is 2.54. The summed E-state index contributed by atoms with van der Waals surface area (Å²) < 4.78 is 0. The molecule has 1 amide bonds. The summed E-state index contributed by atoms with van der Waals surface area (Å²) in [4.78, 5) is 13.9. The van der Waals surface area contributed by atoms with E-state index in [1.807, 2.05) is 44.2 Å². The first-order valence-electron chi connectivity index (χ1n) is 6.21. The zero-order valence-corrected chi connectivity index (χ0v) is 12.0. The second-order valence-corrected chi connectivity index (χ2v) is 5.60. The number of hydrogen-bond donors (Lipinski definition) is 1. The van der Waals surface area contributed by atoms with Crippen LogP contribution in [0.25, 0.3) is 0 Å². The Kier molecular flexibility index (Phi) is 6.22. The van der Waals surface area contributed by atoms with Crippen molar-refractivity contribution in [3.8, 4) is 0 Å². The maximum Gasteiger partial charge on any atom is 0.236 e. The number of carbonyl (C=O) groups excluding carboxylic acids is 1. The van der Waals surface area contributed by atoms with Gasteiger partial charge in [0.15, 0.2) is 0 Å². The van der Waals surface area contributed by atoms with Gasteiger partial charge in [0.1, 0.15) is 0 Å². The Balaban J connectivity index is 2.59. The number of carbonyl (C=O) groups is 1. The Morgan fingerprint density at radius 1 is 1.33 bits per heavy atom. The number of benzene rings is 1. The Bertz CT molecular complexity index is 367. The third-order valence-electron chi connectivity index (χ3n) is 2.83. The highest BCUT2D eigenvalue weighted by atomic mass is 32.2. The molecule has 0 aliphatic heterocycles. The minimum atomic E-state index is -0.394. The standard InChI is InChI=1S/C14H21NO2S/c1-4-15(13-8-6-5-7-9-13)14(17)10-18-12(3)11(2)16/h5-9,11-12,16H,4,10H2,1-3H3. The van der Waals surface area contributed by atoms with E-state index < -0.39 is 6.10 Å². The van der Waals surface area contributed by atoms with Gasteiger partial charge in [-0.05, 0) is 26.0 Å². The average molecular weight is 267 g/mol. The molecule has 1 aromatic rings. The third kappa shape index (κ3) is 4.35. The second-order valence-electron chi connectivity index (χ2n) is 4.23. The maximum absolute atomic E-state index is 12.1.